The van der Waals surface area contributed by atoms with Crippen molar-refractivity contribution in [3.63, 3.8) is 0 Å². The first kappa shape index (κ1) is 56.9. The summed E-state index contributed by atoms with van der Waals surface area (Å²) in [5, 5.41) is 10.1. The molecule has 22 heavy (non-hydrogen) atoms. The third kappa shape index (κ3) is 58.6. The smallest absolute Gasteiger partial charge is 1.00 e. The van der Waals surface area contributed by atoms with Crippen molar-refractivity contribution in [2.75, 3.05) is 0 Å². The molecule has 0 radical (unpaired) electrons. The predicted molar refractivity (Wildman–Crippen MR) is 84.3 cm³/mol. The number of halogens is 1. The maximum atomic E-state index is 10.1. The van der Waals surface area contributed by atoms with Gasteiger partial charge in [0.15, 0.2) is 0 Å². The van der Waals surface area contributed by atoms with Gasteiger partial charge in [0.2, 0.25) is 0 Å². The zero-order valence-electron chi connectivity index (χ0n) is 13.5. The Morgan fingerprint density at radius 2 is 0.955 bits per heavy atom. The molecule has 0 saturated carbocycles. The summed E-state index contributed by atoms with van der Waals surface area (Å²) < 4.78 is 0. The third-order valence-electron chi connectivity index (χ3n) is 2.48. The van der Waals surface area contributed by atoms with Gasteiger partial charge in [-0.3, -0.25) is 0 Å². The normalized spacial score (nSPS) is 6.59. The Bertz CT molecular complexity index is 155. The van der Waals surface area contributed by atoms with E-state index in [1.807, 2.05) is 0 Å². The van der Waals surface area contributed by atoms with E-state index in [1.165, 1.54) is 44.9 Å². The first-order valence-corrected chi connectivity index (χ1v) is 5.97. The number of rotatable bonds is 10. The summed E-state index contributed by atoms with van der Waals surface area (Å²) in [6, 6.07) is 0. The number of carboxylic acid groups (broad SMARTS) is 1. The molecule has 140 valence electrons. The van der Waals surface area contributed by atoms with Crippen LogP contribution in [0.15, 0.2) is 0 Å². The van der Waals surface area contributed by atoms with E-state index in [1.54, 1.807) is 0 Å². The monoisotopic (exact) mass is 382 g/mol. The number of carbonyl (C=O) groups is 1. The average Bonchev–Trinajstić information content (AvgIpc) is 2.15. The van der Waals surface area contributed by atoms with Crippen LogP contribution in [-0.2, 0) is 4.79 Å². The van der Waals surface area contributed by atoms with Gasteiger partial charge >= 0.3 is 37.7 Å². The molecule has 0 atom stereocenters. The summed E-state index contributed by atoms with van der Waals surface area (Å²) in [4.78, 5) is 10.1. The molecule has 8 nitrogen and oxygen atoms in total. The fourth-order valence-electron chi connectivity index (χ4n) is 1.58. The fraction of sp³-hybridized carbons (Fsp3) is 0.917. The van der Waals surface area contributed by atoms with Gasteiger partial charge in [-0.1, -0.05) is 58.3 Å². The van der Waals surface area contributed by atoms with Crippen molar-refractivity contribution < 1.29 is 55.2 Å². The Morgan fingerprint density at radius 1 is 0.682 bits per heavy atom. The summed E-state index contributed by atoms with van der Waals surface area (Å²) in [7, 11) is 0. The predicted octanol–water partition coefficient (Wildman–Crippen LogP) is -5.67. The Kier molecular flexibility index (Phi) is 128. The largest absolute Gasteiger partial charge is 2.00 e. The molecule has 0 aromatic rings. The minimum absolute atomic E-state index is 0. The Balaban J connectivity index is -0.0000000302. The van der Waals surface area contributed by atoms with E-state index in [2.05, 4.69) is 6.92 Å². The molecule has 0 heterocycles. The Morgan fingerprint density at radius 3 is 1.23 bits per heavy atom. The van der Waals surface area contributed by atoms with Crippen molar-refractivity contribution in [2.24, 2.45) is 0 Å². The van der Waals surface area contributed by atoms with E-state index in [0.717, 1.165) is 12.8 Å². The first-order chi connectivity index (χ1) is 6.77. The minimum atomic E-state index is -0.909. The number of carboxylic acids is 1. The quantitative estimate of drug-likeness (QED) is 0.265. The SMILES string of the molecule is CCCCCCCCCCCC(=O)[O-].O.O.O.O.O.O.[Ca+2].[Cl-]. The van der Waals surface area contributed by atoms with Gasteiger partial charge in [-0.2, -0.15) is 0 Å². The summed E-state index contributed by atoms with van der Waals surface area (Å²) in [6.07, 6.45) is 11.2. The van der Waals surface area contributed by atoms with Gasteiger partial charge in [-0.15, -0.1) is 0 Å². The molecule has 0 aromatic heterocycles. The second-order valence-electron chi connectivity index (χ2n) is 3.95. The topological polar surface area (TPSA) is 229 Å². The zero-order chi connectivity index (χ0) is 10.6. The van der Waals surface area contributed by atoms with Gasteiger partial charge in [-0.25, -0.2) is 0 Å². The maximum Gasteiger partial charge on any atom is 2.00 e. The van der Waals surface area contributed by atoms with Crippen LogP contribution in [0.1, 0.15) is 71.1 Å². The molecule has 0 saturated heterocycles. The molecule has 10 heteroatoms. The third-order valence-corrected chi connectivity index (χ3v) is 2.48. The van der Waals surface area contributed by atoms with Crippen LogP contribution >= 0.6 is 0 Å². The van der Waals surface area contributed by atoms with Crippen molar-refractivity contribution in [1.29, 1.82) is 0 Å². The van der Waals surface area contributed by atoms with Crippen molar-refractivity contribution in [2.45, 2.75) is 71.1 Å². The van der Waals surface area contributed by atoms with Crippen LogP contribution in [0.25, 0.3) is 0 Å². The van der Waals surface area contributed by atoms with Gasteiger partial charge in [-0.05, 0) is 12.8 Å². The number of aliphatic carboxylic acids is 1. The molecule has 12 N–H and O–H groups in total. The minimum Gasteiger partial charge on any atom is -1.00 e. The first-order valence-electron chi connectivity index (χ1n) is 5.97. The van der Waals surface area contributed by atoms with Gasteiger partial charge in [0.25, 0.3) is 0 Å². The molecule has 0 amide bonds. The van der Waals surface area contributed by atoms with Crippen LogP contribution < -0.4 is 17.5 Å². The Hall–Kier alpha value is 0.780. The summed E-state index contributed by atoms with van der Waals surface area (Å²) in [5.41, 5.74) is 0. The van der Waals surface area contributed by atoms with E-state index < -0.39 is 5.97 Å². The van der Waals surface area contributed by atoms with Crippen molar-refractivity contribution in [1.82, 2.24) is 0 Å². The van der Waals surface area contributed by atoms with Crippen molar-refractivity contribution in [3.8, 4) is 0 Å². The second-order valence-corrected chi connectivity index (χ2v) is 3.95. The number of hydrogen-bond acceptors (Lipinski definition) is 2. The van der Waals surface area contributed by atoms with E-state index in [0.29, 0.717) is 0 Å². The molecule has 0 aliphatic rings. The van der Waals surface area contributed by atoms with Gasteiger partial charge in [0.1, 0.15) is 0 Å². The fourth-order valence-corrected chi connectivity index (χ4v) is 1.58. The van der Waals surface area contributed by atoms with E-state index in [9.17, 15) is 9.90 Å². The van der Waals surface area contributed by atoms with Crippen LogP contribution in [0.3, 0.4) is 0 Å². The molecule has 0 unspecified atom stereocenters. The summed E-state index contributed by atoms with van der Waals surface area (Å²) in [5.74, 6) is -0.909. The molecule has 0 spiro atoms. The number of hydrogen-bond donors (Lipinski definition) is 0. The number of unbranched alkanes of at least 4 members (excludes halogenated alkanes) is 8. The van der Waals surface area contributed by atoms with Gasteiger partial charge in [0, 0.05) is 5.97 Å². The second kappa shape index (κ2) is 49.5. The number of carbonyl (C=O) groups excluding carboxylic acids is 1. The Labute approximate surface area is 169 Å². The van der Waals surface area contributed by atoms with Crippen molar-refractivity contribution in [3.05, 3.63) is 0 Å². The molecule has 0 aromatic carbocycles. The summed E-state index contributed by atoms with van der Waals surface area (Å²) in [6.45, 7) is 2.22. The van der Waals surface area contributed by atoms with Crippen LogP contribution in [0.4, 0.5) is 0 Å². The van der Waals surface area contributed by atoms with Crippen LogP contribution in [0.2, 0.25) is 0 Å². The standard InChI is InChI=1S/C12H24O2.Ca.ClH.6H2O/c1-2-3-4-5-6-7-8-9-10-11-12(13)14;;;;;;;;/h2-11H2,1H3,(H,13,14);;1H;6*1H2/q;+2;;;;;;;/p-2. The van der Waals surface area contributed by atoms with E-state index in [-0.39, 0.29) is 89.4 Å². The van der Waals surface area contributed by atoms with Crippen LogP contribution in [-0.4, -0.2) is 76.6 Å². The molecule has 0 fully saturated rings. The van der Waals surface area contributed by atoms with Gasteiger partial charge in [0.05, 0.1) is 0 Å². The molecule has 0 aliphatic heterocycles. The molecule has 0 aliphatic carbocycles. The molecular weight excluding hydrogens is 348 g/mol. The zero-order valence-corrected chi connectivity index (χ0v) is 16.4. The van der Waals surface area contributed by atoms with Crippen LogP contribution in [0.5, 0.6) is 0 Å². The van der Waals surface area contributed by atoms with Gasteiger partial charge < -0.3 is 55.2 Å². The molecule has 0 bridgehead atoms. The average molecular weight is 383 g/mol. The molecular formula is C12H35CaClO8. The summed E-state index contributed by atoms with van der Waals surface area (Å²) >= 11 is 0. The molecule has 0 rings (SSSR count). The van der Waals surface area contributed by atoms with E-state index in [4.69, 9.17) is 0 Å². The maximum absolute atomic E-state index is 10.1. The van der Waals surface area contributed by atoms with E-state index >= 15 is 0 Å². The van der Waals surface area contributed by atoms with Crippen molar-refractivity contribution >= 4 is 43.7 Å². The van der Waals surface area contributed by atoms with Crippen LogP contribution in [0, 0.1) is 0 Å².